The topological polar surface area (TPSA) is 33.3 Å². The molecular weight excluding hydrogens is 248 g/mol. The number of rotatable bonds is 12. The largest absolute Gasteiger partial charge is 0.494 e. The Balaban J connectivity index is 2.18. The van der Waals surface area contributed by atoms with Gasteiger partial charge in [-0.25, -0.2) is 0 Å². The fraction of sp³-hybridized carbons (Fsp3) is 0.647. The van der Waals surface area contributed by atoms with Gasteiger partial charge < -0.3 is 15.4 Å². The summed E-state index contributed by atoms with van der Waals surface area (Å²) in [5.41, 5.74) is 1.13. The fourth-order valence-electron chi connectivity index (χ4n) is 2.06. The van der Waals surface area contributed by atoms with Crippen molar-refractivity contribution < 1.29 is 4.74 Å². The Hall–Kier alpha value is -1.22. The second-order valence-corrected chi connectivity index (χ2v) is 5.07. The van der Waals surface area contributed by atoms with E-state index in [-0.39, 0.29) is 0 Å². The Morgan fingerprint density at radius 1 is 1.00 bits per heavy atom. The summed E-state index contributed by atoms with van der Waals surface area (Å²) < 4.78 is 5.80. The van der Waals surface area contributed by atoms with Crippen LogP contribution in [0.2, 0.25) is 0 Å². The van der Waals surface area contributed by atoms with E-state index in [0.717, 1.165) is 44.1 Å². The van der Waals surface area contributed by atoms with Gasteiger partial charge in [-0.05, 0) is 25.1 Å². The van der Waals surface area contributed by atoms with Crippen LogP contribution >= 0.6 is 0 Å². The molecule has 1 aromatic carbocycles. The van der Waals surface area contributed by atoms with Gasteiger partial charge in [-0.1, -0.05) is 45.6 Å². The number of hydrogen-bond donors (Lipinski definition) is 2. The smallest absolute Gasteiger partial charge is 0.121 e. The number of benzene rings is 1. The first-order valence-electron chi connectivity index (χ1n) is 8.04. The van der Waals surface area contributed by atoms with Crippen molar-refractivity contribution >= 4 is 5.69 Å². The average molecular weight is 278 g/mol. The standard InChI is InChI=1S/C17H30N2O/c1-3-5-6-7-8-14-20-17-11-9-10-16(15-17)19-13-12-18-4-2/h9-11,15,18-19H,3-8,12-14H2,1-2H3. The molecule has 0 saturated carbocycles. The van der Waals surface area contributed by atoms with Gasteiger partial charge in [0.05, 0.1) is 6.61 Å². The van der Waals surface area contributed by atoms with Crippen LogP contribution in [0, 0.1) is 0 Å². The molecule has 0 fully saturated rings. The quantitative estimate of drug-likeness (QED) is 0.566. The summed E-state index contributed by atoms with van der Waals surface area (Å²) in [7, 11) is 0. The molecule has 0 unspecified atom stereocenters. The molecule has 0 atom stereocenters. The highest BCUT2D eigenvalue weighted by Gasteiger charge is 1.97. The van der Waals surface area contributed by atoms with Gasteiger partial charge in [0.1, 0.15) is 5.75 Å². The normalized spacial score (nSPS) is 10.5. The Morgan fingerprint density at radius 3 is 2.65 bits per heavy atom. The van der Waals surface area contributed by atoms with Gasteiger partial charge in [-0.2, -0.15) is 0 Å². The van der Waals surface area contributed by atoms with Crippen molar-refractivity contribution in [2.24, 2.45) is 0 Å². The molecule has 114 valence electrons. The monoisotopic (exact) mass is 278 g/mol. The lowest BCUT2D eigenvalue weighted by atomic mass is 10.2. The molecule has 0 aliphatic carbocycles. The van der Waals surface area contributed by atoms with E-state index in [0.29, 0.717) is 0 Å². The second kappa shape index (κ2) is 11.6. The SMILES string of the molecule is CCCCCCCOc1cccc(NCCNCC)c1. The lowest BCUT2D eigenvalue weighted by Crippen LogP contribution is -2.21. The zero-order valence-electron chi connectivity index (χ0n) is 13.1. The summed E-state index contributed by atoms with van der Waals surface area (Å²) in [6.45, 7) is 8.13. The molecule has 0 bridgehead atoms. The summed E-state index contributed by atoms with van der Waals surface area (Å²) in [5, 5.41) is 6.69. The van der Waals surface area contributed by atoms with Crippen molar-refractivity contribution in [3.05, 3.63) is 24.3 Å². The van der Waals surface area contributed by atoms with E-state index in [9.17, 15) is 0 Å². The molecule has 0 aliphatic heterocycles. The van der Waals surface area contributed by atoms with E-state index in [4.69, 9.17) is 4.74 Å². The van der Waals surface area contributed by atoms with Crippen LogP contribution in [0.15, 0.2) is 24.3 Å². The minimum absolute atomic E-state index is 0.824. The summed E-state index contributed by atoms with van der Waals surface area (Å²) in [5.74, 6) is 0.967. The molecule has 0 radical (unpaired) electrons. The highest BCUT2D eigenvalue weighted by molar-refractivity contribution is 5.48. The lowest BCUT2D eigenvalue weighted by molar-refractivity contribution is 0.304. The third-order valence-electron chi connectivity index (χ3n) is 3.23. The fourth-order valence-corrected chi connectivity index (χ4v) is 2.06. The maximum atomic E-state index is 5.80. The van der Waals surface area contributed by atoms with Crippen molar-refractivity contribution in [3.63, 3.8) is 0 Å². The van der Waals surface area contributed by atoms with Crippen LogP contribution in [0.4, 0.5) is 5.69 Å². The zero-order valence-corrected chi connectivity index (χ0v) is 13.1. The van der Waals surface area contributed by atoms with Crippen molar-refractivity contribution in [3.8, 4) is 5.75 Å². The molecule has 0 spiro atoms. The lowest BCUT2D eigenvalue weighted by Gasteiger charge is -2.10. The van der Waals surface area contributed by atoms with Gasteiger partial charge in [0, 0.05) is 24.8 Å². The summed E-state index contributed by atoms with van der Waals surface area (Å²) in [6.07, 6.45) is 6.38. The molecule has 2 N–H and O–H groups in total. The molecule has 0 amide bonds. The molecule has 0 heterocycles. The Kier molecular flexibility index (Phi) is 9.76. The van der Waals surface area contributed by atoms with Crippen molar-refractivity contribution in [2.45, 2.75) is 46.0 Å². The first kappa shape index (κ1) is 16.8. The van der Waals surface area contributed by atoms with Crippen LogP contribution in [-0.2, 0) is 0 Å². The van der Waals surface area contributed by atoms with E-state index in [1.165, 1.54) is 25.7 Å². The predicted octanol–water partition coefficient (Wildman–Crippen LogP) is 4.06. The highest BCUT2D eigenvalue weighted by atomic mass is 16.5. The summed E-state index contributed by atoms with van der Waals surface area (Å²) in [6, 6.07) is 8.24. The Morgan fingerprint density at radius 2 is 1.85 bits per heavy atom. The van der Waals surface area contributed by atoms with Gasteiger partial charge in [0.15, 0.2) is 0 Å². The molecule has 0 aromatic heterocycles. The van der Waals surface area contributed by atoms with Crippen LogP contribution in [-0.4, -0.2) is 26.2 Å². The van der Waals surface area contributed by atoms with E-state index >= 15 is 0 Å². The van der Waals surface area contributed by atoms with Crippen molar-refractivity contribution in [2.75, 3.05) is 31.6 Å². The number of anilines is 1. The van der Waals surface area contributed by atoms with Gasteiger partial charge in [-0.15, -0.1) is 0 Å². The van der Waals surface area contributed by atoms with Crippen LogP contribution < -0.4 is 15.4 Å². The minimum Gasteiger partial charge on any atom is -0.494 e. The molecule has 20 heavy (non-hydrogen) atoms. The Bertz CT molecular complexity index is 342. The maximum absolute atomic E-state index is 5.80. The maximum Gasteiger partial charge on any atom is 0.121 e. The number of nitrogens with one attached hydrogen (secondary N) is 2. The highest BCUT2D eigenvalue weighted by Crippen LogP contribution is 2.17. The van der Waals surface area contributed by atoms with E-state index in [1.807, 2.05) is 12.1 Å². The van der Waals surface area contributed by atoms with E-state index in [2.05, 4.69) is 36.6 Å². The average Bonchev–Trinajstić information content (AvgIpc) is 2.48. The van der Waals surface area contributed by atoms with Crippen LogP contribution in [0.3, 0.4) is 0 Å². The van der Waals surface area contributed by atoms with E-state index < -0.39 is 0 Å². The van der Waals surface area contributed by atoms with Crippen LogP contribution in [0.5, 0.6) is 5.75 Å². The summed E-state index contributed by atoms with van der Waals surface area (Å²) >= 11 is 0. The third kappa shape index (κ3) is 8.05. The molecule has 0 saturated heterocycles. The van der Waals surface area contributed by atoms with Crippen molar-refractivity contribution in [1.29, 1.82) is 0 Å². The number of hydrogen-bond acceptors (Lipinski definition) is 3. The van der Waals surface area contributed by atoms with Crippen LogP contribution in [0.25, 0.3) is 0 Å². The minimum atomic E-state index is 0.824. The van der Waals surface area contributed by atoms with Gasteiger partial charge in [-0.3, -0.25) is 0 Å². The molecule has 0 aliphatic rings. The van der Waals surface area contributed by atoms with Crippen molar-refractivity contribution in [1.82, 2.24) is 5.32 Å². The zero-order chi connectivity index (χ0) is 14.5. The predicted molar refractivity (Wildman–Crippen MR) is 87.7 cm³/mol. The second-order valence-electron chi connectivity index (χ2n) is 5.07. The third-order valence-corrected chi connectivity index (χ3v) is 3.23. The molecule has 3 heteroatoms. The number of unbranched alkanes of at least 4 members (excludes halogenated alkanes) is 4. The van der Waals surface area contributed by atoms with E-state index in [1.54, 1.807) is 0 Å². The molecule has 1 aromatic rings. The van der Waals surface area contributed by atoms with Gasteiger partial charge in [0.2, 0.25) is 0 Å². The Labute approximate surface area is 124 Å². The summed E-state index contributed by atoms with van der Waals surface area (Å²) in [4.78, 5) is 0. The number of likely N-dealkylation sites (N-methyl/N-ethyl adjacent to an activating group) is 1. The van der Waals surface area contributed by atoms with Gasteiger partial charge >= 0.3 is 0 Å². The molecule has 1 rings (SSSR count). The number of ether oxygens (including phenoxy) is 1. The van der Waals surface area contributed by atoms with Gasteiger partial charge in [0.25, 0.3) is 0 Å². The first-order valence-corrected chi connectivity index (χ1v) is 8.04. The van der Waals surface area contributed by atoms with Crippen LogP contribution in [0.1, 0.15) is 46.0 Å². The molecule has 3 nitrogen and oxygen atoms in total. The first-order chi connectivity index (χ1) is 9.86. The molecular formula is C17H30N2O.